The molecule has 0 aliphatic heterocycles. The lowest BCUT2D eigenvalue weighted by atomic mass is 10.2. The highest BCUT2D eigenvalue weighted by molar-refractivity contribution is 9.10. The third kappa shape index (κ3) is 3.48. The van der Waals surface area contributed by atoms with Crippen molar-refractivity contribution in [2.75, 3.05) is 7.11 Å². The summed E-state index contributed by atoms with van der Waals surface area (Å²) in [6.45, 7) is 0. The molecule has 0 aliphatic carbocycles. The summed E-state index contributed by atoms with van der Waals surface area (Å²) in [6, 6.07) is 12.3. The lowest BCUT2D eigenvalue weighted by Crippen LogP contribution is -1.88. The van der Waals surface area contributed by atoms with Crippen molar-refractivity contribution < 1.29 is 4.74 Å². The number of rotatable bonds is 4. The van der Waals surface area contributed by atoms with E-state index in [1.807, 2.05) is 12.1 Å². The van der Waals surface area contributed by atoms with Crippen LogP contribution in [0.3, 0.4) is 0 Å². The van der Waals surface area contributed by atoms with E-state index >= 15 is 0 Å². The van der Waals surface area contributed by atoms with E-state index in [4.69, 9.17) is 4.74 Å². The Kier molecular flexibility index (Phi) is 4.45. The van der Waals surface area contributed by atoms with Crippen LogP contribution in [0.1, 0.15) is 5.56 Å². The summed E-state index contributed by atoms with van der Waals surface area (Å²) in [5.41, 5.74) is 1.31. The van der Waals surface area contributed by atoms with Crippen LogP contribution in [0.4, 0.5) is 0 Å². The molecule has 0 spiro atoms. The fourth-order valence-electron chi connectivity index (χ4n) is 1.36. The zero-order valence-corrected chi connectivity index (χ0v) is 11.8. The highest BCUT2D eigenvalue weighted by Gasteiger charge is 2.04. The molecule has 0 unspecified atom stereocenters. The summed E-state index contributed by atoms with van der Waals surface area (Å²) >= 11 is 5.26. The van der Waals surface area contributed by atoms with Crippen LogP contribution < -0.4 is 4.74 Å². The minimum atomic E-state index is 0.642. The molecule has 2 rings (SSSR count). The van der Waals surface area contributed by atoms with Crippen molar-refractivity contribution in [2.45, 2.75) is 10.6 Å². The van der Waals surface area contributed by atoms with E-state index in [-0.39, 0.29) is 0 Å². The van der Waals surface area contributed by atoms with Gasteiger partial charge in [-0.05, 0) is 21.5 Å². The van der Waals surface area contributed by atoms with E-state index in [0.29, 0.717) is 5.88 Å². The number of thioether (sulfide) groups is 1. The number of hydrogen-bond donors (Lipinski definition) is 0. The lowest BCUT2D eigenvalue weighted by molar-refractivity contribution is 0.396. The van der Waals surface area contributed by atoms with Crippen molar-refractivity contribution in [1.82, 2.24) is 4.98 Å². The van der Waals surface area contributed by atoms with Gasteiger partial charge >= 0.3 is 0 Å². The molecule has 0 bridgehead atoms. The monoisotopic (exact) mass is 309 g/mol. The van der Waals surface area contributed by atoms with E-state index in [1.54, 1.807) is 25.1 Å². The molecule has 88 valence electrons. The number of nitrogens with zero attached hydrogens (tertiary/aromatic N) is 1. The Labute approximate surface area is 114 Å². The SMILES string of the molecule is COc1cc(SCc2ccccc2)c(Br)cn1. The number of pyridine rings is 1. The summed E-state index contributed by atoms with van der Waals surface area (Å²) in [6.07, 6.45) is 1.77. The summed E-state index contributed by atoms with van der Waals surface area (Å²) in [4.78, 5) is 5.27. The van der Waals surface area contributed by atoms with Gasteiger partial charge in [0, 0.05) is 27.4 Å². The minimum absolute atomic E-state index is 0.642. The normalized spacial score (nSPS) is 10.2. The summed E-state index contributed by atoms with van der Waals surface area (Å²) in [7, 11) is 1.63. The molecule has 0 radical (unpaired) electrons. The number of benzene rings is 1. The van der Waals surface area contributed by atoms with Gasteiger partial charge in [-0.1, -0.05) is 30.3 Å². The number of methoxy groups -OCH3 is 1. The molecule has 17 heavy (non-hydrogen) atoms. The molecule has 0 saturated carbocycles. The third-order valence-corrected chi connectivity index (χ3v) is 4.26. The Hall–Kier alpha value is -1.00. The first kappa shape index (κ1) is 12.5. The first-order valence-corrected chi connectivity index (χ1v) is 6.93. The minimum Gasteiger partial charge on any atom is -0.481 e. The van der Waals surface area contributed by atoms with Crippen molar-refractivity contribution in [2.24, 2.45) is 0 Å². The average molecular weight is 310 g/mol. The van der Waals surface area contributed by atoms with E-state index < -0.39 is 0 Å². The standard InChI is InChI=1S/C13H12BrNOS/c1-16-13-7-12(11(14)8-15-13)17-9-10-5-3-2-4-6-10/h2-8H,9H2,1H3. The van der Waals surface area contributed by atoms with Crippen molar-refractivity contribution in [3.63, 3.8) is 0 Å². The Morgan fingerprint density at radius 3 is 2.76 bits per heavy atom. The number of ether oxygens (including phenoxy) is 1. The molecule has 0 saturated heterocycles. The van der Waals surface area contributed by atoms with Crippen LogP contribution in [0, 0.1) is 0 Å². The maximum absolute atomic E-state index is 5.12. The van der Waals surface area contributed by atoms with Crippen molar-refractivity contribution in [3.05, 3.63) is 52.6 Å². The van der Waals surface area contributed by atoms with Crippen LogP contribution in [0.2, 0.25) is 0 Å². The second kappa shape index (κ2) is 6.07. The molecule has 0 atom stereocenters. The van der Waals surface area contributed by atoms with Crippen LogP contribution in [0.15, 0.2) is 52.0 Å². The van der Waals surface area contributed by atoms with E-state index in [1.165, 1.54) is 5.56 Å². The largest absolute Gasteiger partial charge is 0.481 e. The van der Waals surface area contributed by atoms with Gasteiger partial charge in [-0.25, -0.2) is 4.98 Å². The fraction of sp³-hybridized carbons (Fsp3) is 0.154. The highest BCUT2D eigenvalue weighted by atomic mass is 79.9. The molecule has 0 amide bonds. The average Bonchev–Trinajstić information content (AvgIpc) is 2.39. The second-order valence-electron chi connectivity index (χ2n) is 3.43. The molecule has 0 N–H and O–H groups in total. The lowest BCUT2D eigenvalue weighted by Gasteiger charge is -2.06. The molecule has 1 heterocycles. The van der Waals surface area contributed by atoms with Gasteiger partial charge in [0.15, 0.2) is 0 Å². The number of aromatic nitrogens is 1. The maximum Gasteiger partial charge on any atom is 0.214 e. The predicted molar refractivity (Wildman–Crippen MR) is 74.5 cm³/mol. The van der Waals surface area contributed by atoms with Crippen LogP contribution in [-0.4, -0.2) is 12.1 Å². The van der Waals surface area contributed by atoms with Crippen LogP contribution >= 0.6 is 27.7 Å². The second-order valence-corrected chi connectivity index (χ2v) is 5.30. The topological polar surface area (TPSA) is 22.1 Å². The summed E-state index contributed by atoms with van der Waals surface area (Å²) < 4.78 is 6.12. The molecule has 4 heteroatoms. The van der Waals surface area contributed by atoms with Gasteiger partial charge in [0.25, 0.3) is 0 Å². The smallest absolute Gasteiger partial charge is 0.214 e. The van der Waals surface area contributed by atoms with Crippen molar-refractivity contribution >= 4 is 27.7 Å². The predicted octanol–water partition coefficient (Wildman–Crippen LogP) is 4.15. The number of hydrogen-bond acceptors (Lipinski definition) is 3. The van der Waals surface area contributed by atoms with Crippen LogP contribution in [-0.2, 0) is 5.75 Å². The Balaban J connectivity index is 2.08. The highest BCUT2D eigenvalue weighted by Crippen LogP contribution is 2.31. The van der Waals surface area contributed by atoms with Crippen LogP contribution in [0.5, 0.6) is 5.88 Å². The molecule has 1 aromatic heterocycles. The van der Waals surface area contributed by atoms with Crippen molar-refractivity contribution in [1.29, 1.82) is 0 Å². The molecule has 1 aromatic carbocycles. The van der Waals surface area contributed by atoms with Crippen LogP contribution in [0.25, 0.3) is 0 Å². The fourth-order valence-corrected chi connectivity index (χ4v) is 2.81. The molecule has 0 aliphatic rings. The van der Waals surface area contributed by atoms with Gasteiger partial charge in [-0.3, -0.25) is 0 Å². The molecular weight excluding hydrogens is 298 g/mol. The molecule has 0 fully saturated rings. The van der Waals surface area contributed by atoms with Gasteiger partial charge < -0.3 is 4.74 Å². The van der Waals surface area contributed by atoms with Crippen molar-refractivity contribution in [3.8, 4) is 5.88 Å². The van der Waals surface area contributed by atoms with E-state index in [9.17, 15) is 0 Å². The summed E-state index contributed by atoms with van der Waals surface area (Å²) in [5.74, 6) is 1.58. The first-order valence-electron chi connectivity index (χ1n) is 5.16. The number of halogens is 1. The molecule has 2 nitrogen and oxygen atoms in total. The zero-order valence-electron chi connectivity index (χ0n) is 9.39. The van der Waals surface area contributed by atoms with E-state index in [2.05, 4.69) is 45.2 Å². The van der Waals surface area contributed by atoms with E-state index in [0.717, 1.165) is 15.1 Å². The Morgan fingerprint density at radius 2 is 2.06 bits per heavy atom. The molecular formula is C13H12BrNOS. The van der Waals surface area contributed by atoms with Gasteiger partial charge in [-0.15, -0.1) is 11.8 Å². The molecule has 2 aromatic rings. The van der Waals surface area contributed by atoms with Gasteiger partial charge in [-0.2, -0.15) is 0 Å². The van der Waals surface area contributed by atoms with Gasteiger partial charge in [0.2, 0.25) is 5.88 Å². The maximum atomic E-state index is 5.12. The Morgan fingerprint density at radius 1 is 1.29 bits per heavy atom. The first-order chi connectivity index (χ1) is 8.29. The summed E-state index contributed by atoms with van der Waals surface area (Å²) in [5, 5.41) is 0. The quantitative estimate of drug-likeness (QED) is 0.792. The third-order valence-electron chi connectivity index (χ3n) is 2.24. The van der Waals surface area contributed by atoms with Gasteiger partial charge in [0.05, 0.1) is 7.11 Å². The van der Waals surface area contributed by atoms with Gasteiger partial charge in [0.1, 0.15) is 0 Å². The zero-order chi connectivity index (χ0) is 12.1. The Bertz CT molecular complexity index is 490.